The molecule has 0 saturated carbocycles. The molecule has 0 saturated heterocycles. The van der Waals surface area contributed by atoms with Crippen LogP contribution < -0.4 is 43.5 Å². The molecular formula is C111H139FN16O9. The summed E-state index contributed by atoms with van der Waals surface area (Å²) >= 11 is 0. The standard InChI is InChI=1S/C15H16N2O.C14H18N2O2.3C14H18N2O.C13H15FN2O.2C13H16N2O.CH4/c1-6-10-9-16-11-7-8-12(18-5)17-14(11)13(10)15(2,3)4;1-14(2,3)12-10(17-4)8-15-9-6-7-11(18-5)16-13(9)12;3*1-9-8-15-10-6-7-11(17-5)16-13(10)12(9)14(2,3)4;1-13(2,3)11-8(14)7-15-9-5-6-10(17-4)16-12(9)11;1-13(2,3)9-7-8-14-10-5-6-11(16-4)15-12(9)10;1-8-7-14-9-5-6-10(16)15-12(9)11(8)13(2,3)4;/h1,7-9H,2-5H3;6-8H,1-5H3;3*6-8H,1-5H3;5-7H,1-4H3;5-8H,1-4H3;5-7H,1-4H3,(H,15,16);1H4. The molecule has 16 aromatic rings. The molecule has 0 aromatic carbocycles. The number of rotatable bonds is 8. The topological polar surface area (TPSA) is 300 Å². The molecule has 26 heteroatoms. The lowest BCUT2D eigenvalue weighted by Gasteiger charge is -2.23. The first-order valence-corrected chi connectivity index (χ1v) is 45.0. The number of H-pyrrole nitrogens is 1. The normalized spacial score (nSPS) is 11.6. The van der Waals surface area contributed by atoms with Gasteiger partial charge >= 0.3 is 0 Å². The maximum atomic E-state index is 13.9. The van der Waals surface area contributed by atoms with Gasteiger partial charge in [-0.3, -0.25) is 44.7 Å². The van der Waals surface area contributed by atoms with Crippen LogP contribution in [-0.2, 0) is 43.3 Å². The van der Waals surface area contributed by atoms with E-state index in [2.05, 4.69) is 252 Å². The number of nitrogens with zero attached hydrogens (tertiary/aromatic N) is 15. The highest BCUT2D eigenvalue weighted by atomic mass is 19.1. The van der Waals surface area contributed by atoms with Crippen LogP contribution >= 0.6 is 0 Å². The summed E-state index contributed by atoms with van der Waals surface area (Å²) in [6.07, 6.45) is 19.7. The van der Waals surface area contributed by atoms with Crippen LogP contribution in [0.25, 0.3) is 88.3 Å². The van der Waals surface area contributed by atoms with Crippen LogP contribution in [0.5, 0.6) is 46.9 Å². The van der Waals surface area contributed by atoms with Gasteiger partial charge in [-0.1, -0.05) is 180 Å². The van der Waals surface area contributed by atoms with Crippen molar-refractivity contribution in [2.24, 2.45) is 0 Å². The van der Waals surface area contributed by atoms with Crippen LogP contribution in [0.4, 0.5) is 4.39 Å². The lowest BCUT2D eigenvalue weighted by molar-refractivity contribution is 0.393. The Morgan fingerprint density at radius 1 is 0.277 bits per heavy atom. The molecule has 1 N–H and O–H groups in total. The Balaban J connectivity index is 0.000000192. The number of terminal acetylenes is 1. The summed E-state index contributed by atoms with van der Waals surface area (Å²) in [5, 5.41) is 0. The Kier molecular flexibility index (Phi) is 35.1. The number of nitrogens with one attached hydrogen (secondary N) is 1. The quantitative estimate of drug-likeness (QED) is 0.138. The van der Waals surface area contributed by atoms with E-state index in [1.54, 1.807) is 86.4 Å². The third kappa shape index (κ3) is 26.7. The van der Waals surface area contributed by atoms with Crippen LogP contribution in [0.3, 0.4) is 0 Å². The molecule has 16 rings (SSSR count). The molecule has 0 amide bonds. The Morgan fingerprint density at radius 3 is 0.832 bits per heavy atom. The van der Waals surface area contributed by atoms with Crippen molar-refractivity contribution in [2.75, 3.05) is 56.9 Å². The number of hydrogen-bond donors (Lipinski definition) is 1. The SMILES string of the molecule is C.C#Cc1cnc2ccc(OC)nc2c1C(C)(C)C.COc1ccc2ncc(C)c(C(C)(C)C)c2n1.COc1ccc2ncc(C)c(C(C)(C)C)c2n1.COc1ccc2ncc(C)c(C(C)(C)C)c2n1.COc1ccc2ncc(F)c(C(C)(C)C)c2n1.COc1ccc2ncc(OC)c(C(C)(C)C)c2n1.COc1ccc2nccc(C(C)(C)C)c2n1.Cc1cnc2ccc(=O)[nH]c2c1C(C)(C)C. The van der Waals surface area contributed by atoms with Crippen LogP contribution in [0.2, 0.25) is 0 Å². The number of hydrogen-bond acceptors (Lipinski definition) is 24. The number of aromatic nitrogens is 16. The van der Waals surface area contributed by atoms with E-state index in [9.17, 15) is 9.18 Å². The van der Waals surface area contributed by atoms with Crippen molar-refractivity contribution in [1.82, 2.24) is 79.7 Å². The van der Waals surface area contributed by atoms with Crippen molar-refractivity contribution >= 4 is 88.3 Å². The first-order valence-electron chi connectivity index (χ1n) is 45.0. The van der Waals surface area contributed by atoms with Gasteiger partial charge in [-0.2, -0.15) is 0 Å². The number of ether oxygens (including phenoxy) is 8. The summed E-state index contributed by atoms with van der Waals surface area (Å²) in [5.41, 5.74) is 27.4. The molecule has 724 valence electrons. The zero-order valence-corrected chi connectivity index (χ0v) is 86.3. The van der Waals surface area contributed by atoms with Gasteiger partial charge in [0.2, 0.25) is 46.7 Å². The second-order valence-corrected chi connectivity index (χ2v) is 41.1. The Morgan fingerprint density at radius 2 is 0.533 bits per heavy atom. The molecule has 0 aliphatic heterocycles. The molecule has 0 atom stereocenters. The zero-order valence-electron chi connectivity index (χ0n) is 86.3. The number of fused-ring (bicyclic) bond motifs is 8. The van der Waals surface area contributed by atoms with Crippen LogP contribution in [0, 0.1) is 45.9 Å². The fraction of sp³-hybridized carbons (Fsp3) is 0.405. The van der Waals surface area contributed by atoms with Crippen molar-refractivity contribution in [1.29, 1.82) is 0 Å². The van der Waals surface area contributed by atoms with Gasteiger partial charge in [0.1, 0.15) is 17.1 Å². The highest BCUT2D eigenvalue weighted by Gasteiger charge is 2.30. The van der Waals surface area contributed by atoms with Gasteiger partial charge in [-0.15, -0.1) is 6.42 Å². The molecule has 0 unspecified atom stereocenters. The number of aryl methyl sites for hydroxylation is 4. The van der Waals surface area contributed by atoms with E-state index in [0.29, 0.717) is 57.8 Å². The van der Waals surface area contributed by atoms with Crippen LogP contribution in [0.15, 0.2) is 157 Å². The third-order valence-electron chi connectivity index (χ3n) is 22.0. The molecule has 0 bridgehead atoms. The largest absolute Gasteiger partial charge is 0.495 e. The average molecular weight is 1860 g/mol. The lowest BCUT2D eigenvalue weighted by atomic mass is 9.83. The highest BCUT2D eigenvalue weighted by Crippen LogP contribution is 2.41. The average Bonchev–Trinajstić information content (AvgIpc) is 0.750. The van der Waals surface area contributed by atoms with Crippen molar-refractivity contribution < 1.29 is 42.3 Å². The van der Waals surface area contributed by atoms with E-state index in [1.165, 1.54) is 58.3 Å². The van der Waals surface area contributed by atoms with Crippen molar-refractivity contribution in [3.8, 4) is 59.3 Å². The third-order valence-corrected chi connectivity index (χ3v) is 22.0. The Hall–Kier alpha value is -13.8. The monoisotopic (exact) mass is 1860 g/mol. The summed E-state index contributed by atoms with van der Waals surface area (Å²) < 4.78 is 55.5. The molecule has 0 aliphatic rings. The summed E-state index contributed by atoms with van der Waals surface area (Å²) in [6, 6.07) is 31.4. The van der Waals surface area contributed by atoms with E-state index in [0.717, 1.165) is 111 Å². The van der Waals surface area contributed by atoms with E-state index < -0.39 is 0 Å². The van der Waals surface area contributed by atoms with Gasteiger partial charge in [0.15, 0.2) is 0 Å². The van der Waals surface area contributed by atoms with Crippen LogP contribution in [0.1, 0.15) is 246 Å². The predicted octanol–water partition coefficient (Wildman–Crippen LogP) is 24.8. The minimum absolute atomic E-state index is 0. The molecule has 16 aromatic heterocycles. The van der Waals surface area contributed by atoms with Crippen molar-refractivity contribution in [3.63, 3.8) is 0 Å². The van der Waals surface area contributed by atoms with Gasteiger partial charge in [-0.05, 0) is 176 Å². The minimum Gasteiger partial charge on any atom is -0.495 e. The van der Waals surface area contributed by atoms with Gasteiger partial charge in [0.25, 0.3) is 0 Å². The van der Waals surface area contributed by atoms with Crippen LogP contribution in [-0.4, -0.2) is 137 Å². The molecule has 137 heavy (non-hydrogen) atoms. The van der Waals surface area contributed by atoms with E-state index in [-0.39, 0.29) is 62.1 Å². The number of aromatic amines is 1. The minimum atomic E-state index is -0.329. The van der Waals surface area contributed by atoms with E-state index in [4.69, 9.17) is 44.3 Å². The second-order valence-electron chi connectivity index (χ2n) is 41.1. The first-order chi connectivity index (χ1) is 63.6. The zero-order chi connectivity index (χ0) is 101. The molecule has 0 radical (unpaired) electrons. The van der Waals surface area contributed by atoms with E-state index in [1.807, 2.05) is 131 Å². The lowest BCUT2D eigenvalue weighted by Crippen LogP contribution is -2.17. The molecule has 0 spiro atoms. The molecule has 0 aliphatic carbocycles. The summed E-state index contributed by atoms with van der Waals surface area (Å²) in [6.45, 7) is 59.5. The first kappa shape index (κ1) is 108. The van der Waals surface area contributed by atoms with Gasteiger partial charge in [0.05, 0.1) is 152 Å². The Labute approximate surface area is 807 Å². The fourth-order valence-electron chi connectivity index (χ4n) is 16.4. The molecule has 0 fully saturated rings. The summed E-state index contributed by atoms with van der Waals surface area (Å²) in [7, 11) is 12.9. The summed E-state index contributed by atoms with van der Waals surface area (Å²) in [5.74, 6) is 7.28. The smallest absolute Gasteiger partial charge is 0.248 e. The number of halogens is 1. The van der Waals surface area contributed by atoms with Crippen molar-refractivity contribution in [2.45, 2.75) is 245 Å². The Bertz CT molecular complexity index is 6650. The number of methoxy groups -OCH3 is 8. The predicted molar refractivity (Wildman–Crippen MR) is 555 cm³/mol. The van der Waals surface area contributed by atoms with Gasteiger partial charge in [0, 0.05) is 108 Å². The highest BCUT2D eigenvalue weighted by molar-refractivity contribution is 5.87. The molecule has 25 nitrogen and oxygen atoms in total. The van der Waals surface area contributed by atoms with E-state index >= 15 is 0 Å². The molecule has 16 heterocycles. The van der Waals surface area contributed by atoms with Crippen molar-refractivity contribution in [3.05, 3.63) is 241 Å². The maximum Gasteiger partial charge on any atom is 0.248 e. The number of pyridine rings is 16. The maximum absolute atomic E-state index is 13.9. The second kappa shape index (κ2) is 44.3. The van der Waals surface area contributed by atoms with Gasteiger partial charge < -0.3 is 42.9 Å². The summed E-state index contributed by atoms with van der Waals surface area (Å²) in [4.78, 5) is 80.3. The van der Waals surface area contributed by atoms with Gasteiger partial charge in [-0.25, -0.2) is 39.3 Å². The fourth-order valence-corrected chi connectivity index (χ4v) is 16.4. The molecular weight excluding hydrogens is 1720 g/mol.